The molecule has 0 bridgehead atoms. The highest BCUT2D eigenvalue weighted by molar-refractivity contribution is 9.10. The number of benzene rings is 1. The molecule has 1 atom stereocenters. The highest BCUT2D eigenvalue weighted by Gasteiger charge is 2.16. The number of rotatable bonds is 4. The van der Waals surface area contributed by atoms with E-state index in [1.54, 1.807) is 0 Å². The Hall–Kier alpha value is -0.750. The van der Waals surface area contributed by atoms with Crippen molar-refractivity contribution in [2.24, 2.45) is 0 Å². The topological polar surface area (TPSA) is 42.0 Å². The third-order valence-electron chi connectivity index (χ3n) is 2.55. The molecular formula is C14H11BrCl2N2OS. The number of thioether (sulfide) groups is 1. The van der Waals surface area contributed by atoms with Gasteiger partial charge >= 0.3 is 0 Å². The van der Waals surface area contributed by atoms with Gasteiger partial charge in [0.1, 0.15) is 0 Å². The smallest absolute Gasteiger partial charge is 0.238 e. The Morgan fingerprint density at radius 3 is 2.62 bits per heavy atom. The van der Waals surface area contributed by atoms with Gasteiger partial charge in [-0.05, 0) is 37.3 Å². The van der Waals surface area contributed by atoms with Gasteiger partial charge in [0.25, 0.3) is 0 Å². The van der Waals surface area contributed by atoms with Gasteiger partial charge in [-0.3, -0.25) is 4.79 Å². The molecule has 0 spiro atoms. The van der Waals surface area contributed by atoms with Crippen molar-refractivity contribution >= 4 is 62.6 Å². The Bertz CT molecular complexity index is 652. The van der Waals surface area contributed by atoms with Crippen LogP contribution in [0.25, 0.3) is 0 Å². The van der Waals surface area contributed by atoms with E-state index in [1.807, 2.05) is 31.2 Å². The number of nitrogens with zero attached hydrogens (tertiary/aromatic N) is 1. The van der Waals surface area contributed by atoms with E-state index in [-0.39, 0.29) is 11.2 Å². The van der Waals surface area contributed by atoms with Crippen molar-refractivity contribution in [3.63, 3.8) is 0 Å². The average molecular weight is 406 g/mol. The minimum absolute atomic E-state index is 0.167. The van der Waals surface area contributed by atoms with Crippen LogP contribution in [0.5, 0.6) is 0 Å². The lowest BCUT2D eigenvalue weighted by Gasteiger charge is -2.12. The molecule has 0 radical (unpaired) electrons. The molecule has 1 heterocycles. The van der Waals surface area contributed by atoms with Crippen LogP contribution in [-0.4, -0.2) is 16.1 Å². The molecule has 1 amide bonds. The fraction of sp³-hybridized carbons (Fsp3) is 0.143. The van der Waals surface area contributed by atoms with E-state index in [9.17, 15) is 4.79 Å². The summed E-state index contributed by atoms with van der Waals surface area (Å²) in [6.07, 6.45) is 1.44. The maximum absolute atomic E-state index is 12.1. The van der Waals surface area contributed by atoms with Crippen molar-refractivity contribution in [1.82, 2.24) is 4.98 Å². The summed E-state index contributed by atoms with van der Waals surface area (Å²) in [5.41, 5.74) is 0. The Labute approximate surface area is 145 Å². The Morgan fingerprint density at radius 1 is 1.33 bits per heavy atom. The first-order valence-corrected chi connectivity index (χ1v) is 8.42. The molecule has 1 aromatic carbocycles. The van der Waals surface area contributed by atoms with Gasteiger partial charge in [-0.25, -0.2) is 4.98 Å². The first-order chi connectivity index (χ1) is 9.95. The fourth-order valence-electron chi connectivity index (χ4n) is 1.50. The van der Waals surface area contributed by atoms with Gasteiger partial charge < -0.3 is 5.32 Å². The highest BCUT2D eigenvalue weighted by Crippen LogP contribution is 2.27. The summed E-state index contributed by atoms with van der Waals surface area (Å²) >= 11 is 16.6. The minimum Gasteiger partial charge on any atom is -0.308 e. The molecule has 1 aromatic heterocycles. The summed E-state index contributed by atoms with van der Waals surface area (Å²) in [6.45, 7) is 1.83. The van der Waals surface area contributed by atoms with Gasteiger partial charge in [0, 0.05) is 15.6 Å². The normalized spacial score (nSPS) is 12.0. The number of nitrogens with one attached hydrogen (secondary N) is 1. The predicted molar refractivity (Wildman–Crippen MR) is 92.3 cm³/mol. The molecule has 0 fully saturated rings. The molecule has 110 valence electrons. The number of halogens is 3. The van der Waals surface area contributed by atoms with Crippen LogP contribution in [0, 0.1) is 0 Å². The number of hydrogen-bond acceptors (Lipinski definition) is 3. The Morgan fingerprint density at radius 2 is 2.00 bits per heavy atom. The standard InChI is InChI=1S/C14H11BrCl2N2OS/c1-8(21-11-4-2-9(15)3-5-11)14(20)19-13-12(17)6-10(16)7-18-13/h2-8H,1H3,(H,18,19,20). The van der Waals surface area contributed by atoms with Crippen LogP contribution < -0.4 is 5.32 Å². The molecule has 1 unspecified atom stereocenters. The summed E-state index contributed by atoms with van der Waals surface area (Å²) in [6, 6.07) is 9.31. The molecule has 7 heteroatoms. The van der Waals surface area contributed by atoms with Crippen LogP contribution in [-0.2, 0) is 4.79 Å². The van der Waals surface area contributed by atoms with Crippen molar-refractivity contribution < 1.29 is 4.79 Å². The van der Waals surface area contributed by atoms with Gasteiger partial charge in [0.15, 0.2) is 5.82 Å². The van der Waals surface area contributed by atoms with Gasteiger partial charge in [-0.1, -0.05) is 39.1 Å². The summed E-state index contributed by atoms with van der Waals surface area (Å²) in [7, 11) is 0. The molecule has 2 rings (SSSR count). The molecule has 0 saturated carbocycles. The summed E-state index contributed by atoms with van der Waals surface area (Å²) < 4.78 is 1.00. The van der Waals surface area contributed by atoms with Crippen molar-refractivity contribution in [3.8, 4) is 0 Å². The molecule has 0 saturated heterocycles. The maximum atomic E-state index is 12.1. The van der Waals surface area contributed by atoms with Crippen molar-refractivity contribution in [3.05, 3.63) is 51.0 Å². The van der Waals surface area contributed by atoms with Crippen LogP contribution in [0.2, 0.25) is 10.0 Å². The van der Waals surface area contributed by atoms with Crippen LogP contribution in [0.4, 0.5) is 5.82 Å². The number of anilines is 1. The summed E-state index contributed by atoms with van der Waals surface area (Å²) in [4.78, 5) is 17.2. The van der Waals surface area contributed by atoms with E-state index >= 15 is 0 Å². The predicted octanol–water partition coefficient (Wildman–Crippen LogP) is 5.27. The monoisotopic (exact) mass is 404 g/mol. The average Bonchev–Trinajstić information content (AvgIpc) is 2.44. The number of amides is 1. The van der Waals surface area contributed by atoms with Gasteiger partial charge in [0.2, 0.25) is 5.91 Å². The van der Waals surface area contributed by atoms with Crippen molar-refractivity contribution in [2.75, 3.05) is 5.32 Å². The van der Waals surface area contributed by atoms with Crippen LogP contribution in [0.1, 0.15) is 6.92 Å². The zero-order chi connectivity index (χ0) is 15.4. The van der Waals surface area contributed by atoms with Crippen molar-refractivity contribution in [1.29, 1.82) is 0 Å². The maximum Gasteiger partial charge on any atom is 0.238 e. The molecule has 0 aliphatic heterocycles. The van der Waals surface area contributed by atoms with E-state index in [1.165, 1.54) is 24.0 Å². The first kappa shape index (κ1) is 16.6. The SMILES string of the molecule is CC(Sc1ccc(Br)cc1)C(=O)Nc1ncc(Cl)cc1Cl. The lowest BCUT2D eigenvalue weighted by atomic mass is 10.4. The van der Waals surface area contributed by atoms with Gasteiger partial charge in [0.05, 0.1) is 15.3 Å². The summed E-state index contributed by atoms with van der Waals surface area (Å²) in [5.74, 6) is 0.147. The van der Waals surface area contributed by atoms with Crippen molar-refractivity contribution in [2.45, 2.75) is 17.1 Å². The van der Waals surface area contributed by atoms with Crippen LogP contribution >= 0.6 is 50.9 Å². The number of carbonyl (C=O) groups excluding carboxylic acids is 1. The third kappa shape index (κ3) is 4.88. The molecule has 21 heavy (non-hydrogen) atoms. The molecule has 0 aliphatic carbocycles. The van der Waals surface area contributed by atoms with Crippen LogP contribution in [0.3, 0.4) is 0 Å². The van der Waals surface area contributed by atoms with E-state index < -0.39 is 0 Å². The van der Waals surface area contributed by atoms with Crippen LogP contribution in [0.15, 0.2) is 45.9 Å². The molecule has 0 aliphatic rings. The third-order valence-corrected chi connectivity index (χ3v) is 4.68. The van der Waals surface area contributed by atoms with E-state index in [0.717, 1.165) is 9.37 Å². The van der Waals surface area contributed by atoms with E-state index in [4.69, 9.17) is 23.2 Å². The fourth-order valence-corrected chi connectivity index (χ4v) is 3.05. The lowest BCUT2D eigenvalue weighted by molar-refractivity contribution is -0.115. The second kappa shape index (κ2) is 7.49. The number of pyridine rings is 1. The molecule has 2 aromatic rings. The van der Waals surface area contributed by atoms with E-state index in [2.05, 4.69) is 26.2 Å². The molecular weight excluding hydrogens is 395 g/mol. The lowest BCUT2D eigenvalue weighted by Crippen LogP contribution is -2.23. The number of hydrogen-bond donors (Lipinski definition) is 1. The Kier molecular flexibility index (Phi) is 5.93. The summed E-state index contributed by atoms with van der Waals surface area (Å²) in [5, 5.41) is 3.16. The number of aromatic nitrogens is 1. The quantitative estimate of drug-likeness (QED) is 0.704. The Balaban J connectivity index is 2.00. The second-order valence-corrected chi connectivity index (χ2v) is 7.36. The zero-order valence-electron chi connectivity index (χ0n) is 10.9. The van der Waals surface area contributed by atoms with E-state index in [0.29, 0.717) is 15.9 Å². The molecule has 3 nitrogen and oxygen atoms in total. The minimum atomic E-state index is -0.278. The largest absolute Gasteiger partial charge is 0.308 e. The van der Waals surface area contributed by atoms with Gasteiger partial charge in [-0.15, -0.1) is 11.8 Å². The number of carbonyl (C=O) groups is 1. The van der Waals surface area contributed by atoms with Gasteiger partial charge in [-0.2, -0.15) is 0 Å². The zero-order valence-corrected chi connectivity index (χ0v) is 14.9. The second-order valence-electron chi connectivity index (χ2n) is 4.19. The molecule has 1 N–H and O–H groups in total. The highest BCUT2D eigenvalue weighted by atomic mass is 79.9. The first-order valence-electron chi connectivity index (χ1n) is 6.00.